The molecule has 0 spiro atoms. The highest BCUT2D eigenvalue weighted by Gasteiger charge is 2.26. The van der Waals surface area contributed by atoms with Crippen LogP contribution < -0.4 is 15.2 Å². The van der Waals surface area contributed by atoms with Crippen LogP contribution in [0.2, 0.25) is 0 Å². The number of sulfone groups is 1. The second-order valence-electron chi connectivity index (χ2n) is 7.77. The van der Waals surface area contributed by atoms with E-state index >= 15 is 0 Å². The quantitative estimate of drug-likeness (QED) is 0.465. The average molecular weight is 478 g/mol. The van der Waals surface area contributed by atoms with Gasteiger partial charge in [0, 0.05) is 6.26 Å². The predicted molar refractivity (Wildman–Crippen MR) is 123 cm³/mol. The van der Waals surface area contributed by atoms with Crippen LogP contribution in [0.3, 0.4) is 0 Å². The van der Waals surface area contributed by atoms with E-state index < -0.39 is 27.5 Å². The van der Waals surface area contributed by atoms with Crippen LogP contribution in [0.4, 0.5) is 0 Å². The molecule has 11 heteroatoms. The molecule has 10 nitrogen and oxygen atoms in total. The van der Waals surface area contributed by atoms with Crippen molar-refractivity contribution in [3.8, 4) is 11.6 Å². The molecule has 0 aliphatic carbocycles. The van der Waals surface area contributed by atoms with E-state index in [9.17, 15) is 18.0 Å². The SMILES string of the molecule is CCOc1nc([C@@H](CS(C)(=O)=O)n2c(=O)[nH]c3cc(C(=O)OC(C)C)ccc32)ccc1OC. The van der Waals surface area contributed by atoms with Gasteiger partial charge in [0.05, 0.1) is 53.9 Å². The average Bonchev–Trinajstić information content (AvgIpc) is 3.05. The van der Waals surface area contributed by atoms with Crippen molar-refractivity contribution < 1.29 is 27.4 Å². The first-order valence-electron chi connectivity index (χ1n) is 10.3. The fourth-order valence-corrected chi connectivity index (χ4v) is 4.34. The zero-order valence-corrected chi connectivity index (χ0v) is 19.9. The maximum atomic E-state index is 12.9. The summed E-state index contributed by atoms with van der Waals surface area (Å²) in [5, 5.41) is 0. The monoisotopic (exact) mass is 477 g/mol. The van der Waals surface area contributed by atoms with E-state index in [0.29, 0.717) is 29.1 Å². The van der Waals surface area contributed by atoms with Crippen molar-refractivity contribution in [2.45, 2.75) is 32.9 Å². The number of aromatic amines is 1. The minimum absolute atomic E-state index is 0.197. The fraction of sp³-hybridized carbons (Fsp3) is 0.409. The summed E-state index contributed by atoms with van der Waals surface area (Å²) >= 11 is 0. The van der Waals surface area contributed by atoms with Crippen molar-refractivity contribution in [1.29, 1.82) is 0 Å². The van der Waals surface area contributed by atoms with Crippen LogP contribution in [0.5, 0.6) is 11.6 Å². The van der Waals surface area contributed by atoms with Crippen molar-refractivity contribution in [1.82, 2.24) is 14.5 Å². The Balaban J connectivity index is 2.16. The molecule has 0 saturated heterocycles. The van der Waals surface area contributed by atoms with Crippen LogP contribution in [0.15, 0.2) is 35.1 Å². The first-order chi connectivity index (χ1) is 15.5. The Bertz CT molecular complexity index is 1330. The number of hydrogen-bond acceptors (Lipinski definition) is 8. The summed E-state index contributed by atoms with van der Waals surface area (Å²) in [7, 11) is -2.05. The number of carbonyl (C=O) groups excluding carboxylic acids is 1. The summed E-state index contributed by atoms with van der Waals surface area (Å²) in [4.78, 5) is 32.3. The zero-order valence-electron chi connectivity index (χ0n) is 19.1. The lowest BCUT2D eigenvalue weighted by molar-refractivity contribution is 0.0378. The highest BCUT2D eigenvalue weighted by molar-refractivity contribution is 7.90. The number of nitrogens with zero attached hydrogens (tertiary/aromatic N) is 2. The number of pyridine rings is 1. The summed E-state index contributed by atoms with van der Waals surface area (Å²) < 4.78 is 41.8. The molecule has 178 valence electrons. The Morgan fingerprint density at radius 1 is 1.21 bits per heavy atom. The first-order valence-corrected chi connectivity index (χ1v) is 12.4. The van der Waals surface area contributed by atoms with Gasteiger partial charge in [-0.1, -0.05) is 0 Å². The van der Waals surface area contributed by atoms with E-state index in [2.05, 4.69) is 9.97 Å². The van der Waals surface area contributed by atoms with Crippen molar-refractivity contribution in [3.05, 3.63) is 52.1 Å². The number of imidazole rings is 1. The minimum atomic E-state index is -3.52. The van der Waals surface area contributed by atoms with E-state index in [1.807, 2.05) is 0 Å². The van der Waals surface area contributed by atoms with Gasteiger partial charge in [0.1, 0.15) is 9.84 Å². The number of rotatable bonds is 9. The van der Waals surface area contributed by atoms with Crippen LogP contribution in [-0.2, 0) is 14.6 Å². The maximum absolute atomic E-state index is 12.9. The van der Waals surface area contributed by atoms with Crippen molar-refractivity contribution >= 4 is 26.8 Å². The van der Waals surface area contributed by atoms with Crippen LogP contribution >= 0.6 is 0 Å². The molecule has 0 aliphatic heterocycles. The summed E-state index contributed by atoms with van der Waals surface area (Å²) in [6, 6.07) is 6.87. The van der Waals surface area contributed by atoms with Gasteiger partial charge < -0.3 is 19.2 Å². The number of aromatic nitrogens is 3. The predicted octanol–water partition coefficient (Wildman–Crippen LogP) is 2.33. The minimum Gasteiger partial charge on any atom is -0.491 e. The Morgan fingerprint density at radius 3 is 2.55 bits per heavy atom. The maximum Gasteiger partial charge on any atom is 0.338 e. The Kier molecular flexibility index (Phi) is 7.11. The molecule has 2 aromatic heterocycles. The standard InChI is InChI=1S/C22H27N3O7S/c1-6-31-20-19(30-4)10-8-15(23-20)18(12-33(5,28)29)25-17-9-7-14(21(26)32-13(2)3)11-16(17)24-22(25)27/h7-11,13,18H,6,12H2,1-5H3,(H,24,27)/t18-/m1/s1. The number of nitrogens with one attached hydrogen (secondary N) is 1. The van der Waals surface area contributed by atoms with Gasteiger partial charge in [-0.2, -0.15) is 0 Å². The summed E-state index contributed by atoms with van der Waals surface area (Å²) in [5.74, 6) is -0.311. The van der Waals surface area contributed by atoms with Gasteiger partial charge in [0.2, 0.25) is 0 Å². The van der Waals surface area contributed by atoms with Gasteiger partial charge >= 0.3 is 11.7 Å². The number of benzene rings is 1. The third kappa shape index (κ3) is 5.54. The molecule has 0 radical (unpaired) electrons. The molecule has 3 rings (SSSR count). The lowest BCUT2D eigenvalue weighted by Gasteiger charge is -2.19. The molecule has 0 unspecified atom stereocenters. The molecule has 0 aliphatic rings. The molecule has 0 amide bonds. The van der Waals surface area contributed by atoms with Crippen LogP contribution in [0.25, 0.3) is 11.0 Å². The van der Waals surface area contributed by atoms with E-state index in [1.54, 1.807) is 39.0 Å². The molecule has 0 saturated carbocycles. The topological polar surface area (TPSA) is 130 Å². The molecule has 3 aromatic rings. The Morgan fingerprint density at radius 2 is 1.94 bits per heavy atom. The lowest BCUT2D eigenvalue weighted by atomic mass is 10.1. The lowest BCUT2D eigenvalue weighted by Crippen LogP contribution is -2.29. The first kappa shape index (κ1) is 24.3. The number of methoxy groups -OCH3 is 1. The van der Waals surface area contributed by atoms with Gasteiger partial charge in [-0.15, -0.1) is 0 Å². The van der Waals surface area contributed by atoms with Crippen LogP contribution in [0, 0.1) is 0 Å². The van der Waals surface area contributed by atoms with E-state index in [1.165, 1.54) is 23.8 Å². The van der Waals surface area contributed by atoms with Crippen LogP contribution in [0.1, 0.15) is 42.9 Å². The van der Waals surface area contributed by atoms with Crippen molar-refractivity contribution in [2.75, 3.05) is 25.7 Å². The summed E-state index contributed by atoms with van der Waals surface area (Å²) in [6.45, 7) is 5.59. The van der Waals surface area contributed by atoms with E-state index in [4.69, 9.17) is 14.2 Å². The number of fused-ring (bicyclic) bond motifs is 1. The van der Waals surface area contributed by atoms with Gasteiger partial charge in [0.25, 0.3) is 5.88 Å². The Labute approximate surface area is 191 Å². The molecule has 1 aromatic carbocycles. The second-order valence-corrected chi connectivity index (χ2v) is 9.96. The number of esters is 1. The third-order valence-electron chi connectivity index (χ3n) is 4.76. The van der Waals surface area contributed by atoms with E-state index in [0.717, 1.165) is 6.26 Å². The fourth-order valence-electron chi connectivity index (χ4n) is 3.45. The van der Waals surface area contributed by atoms with Crippen molar-refractivity contribution in [3.63, 3.8) is 0 Å². The number of ether oxygens (including phenoxy) is 3. The number of hydrogen-bond donors (Lipinski definition) is 1. The molecule has 0 bridgehead atoms. The summed E-state index contributed by atoms with van der Waals surface area (Å²) in [6.07, 6.45) is 0.795. The second kappa shape index (κ2) is 9.65. The highest BCUT2D eigenvalue weighted by Crippen LogP contribution is 2.29. The molecule has 1 N–H and O–H groups in total. The van der Waals surface area contributed by atoms with Gasteiger partial charge in [-0.3, -0.25) is 4.57 Å². The molecular weight excluding hydrogens is 450 g/mol. The van der Waals surface area contributed by atoms with Gasteiger partial charge in [0.15, 0.2) is 5.75 Å². The summed E-state index contributed by atoms with van der Waals surface area (Å²) in [5.41, 5.74) is 0.839. The molecule has 1 atom stereocenters. The van der Waals surface area contributed by atoms with Gasteiger partial charge in [-0.05, 0) is 51.1 Å². The molecular formula is C22H27N3O7S. The Hall–Kier alpha value is -3.34. The third-order valence-corrected chi connectivity index (χ3v) is 5.68. The smallest absolute Gasteiger partial charge is 0.338 e. The number of carbonyl (C=O) groups is 1. The molecule has 33 heavy (non-hydrogen) atoms. The molecule has 2 heterocycles. The van der Waals surface area contributed by atoms with Gasteiger partial charge in [-0.25, -0.2) is 23.0 Å². The number of H-pyrrole nitrogens is 1. The zero-order chi connectivity index (χ0) is 24.3. The largest absolute Gasteiger partial charge is 0.491 e. The normalized spacial score (nSPS) is 12.7. The highest BCUT2D eigenvalue weighted by atomic mass is 32.2. The van der Waals surface area contributed by atoms with Crippen LogP contribution in [-0.4, -0.2) is 60.8 Å². The van der Waals surface area contributed by atoms with Crippen molar-refractivity contribution in [2.24, 2.45) is 0 Å². The molecule has 0 fully saturated rings. The van der Waals surface area contributed by atoms with E-state index in [-0.39, 0.29) is 23.3 Å².